The van der Waals surface area contributed by atoms with Crippen LogP contribution in [-0.4, -0.2) is 50.6 Å². The largest absolute Gasteiger partial charge is 0.484 e. The van der Waals surface area contributed by atoms with Crippen molar-refractivity contribution in [3.05, 3.63) is 29.8 Å². The quantitative estimate of drug-likeness (QED) is 0.861. The molecule has 1 N–H and O–H groups in total. The molecule has 0 unspecified atom stereocenters. The lowest BCUT2D eigenvalue weighted by atomic mass is 9.87. The second-order valence-corrected chi connectivity index (χ2v) is 9.57. The number of carbonyl (C=O) groups excluding carboxylic acids is 1. The Kier molecular flexibility index (Phi) is 6.11. The molecule has 1 fully saturated rings. The summed E-state index contributed by atoms with van der Waals surface area (Å²) >= 11 is 0. The van der Waals surface area contributed by atoms with Gasteiger partial charge < -0.3 is 10.1 Å². The van der Waals surface area contributed by atoms with Crippen molar-refractivity contribution in [2.45, 2.75) is 45.1 Å². The Morgan fingerprint density at radius 1 is 1.28 bits per heavy atom. The monoisotopic (exact) mass is 368 g/mol. The first-order chi connectivity index (χ1) is 11.6. The lowest BCUT2D eigenvalue weighted by molar-refractivity contribution is -0.124. The van der Waals surface area contributed by atoms with Crippen LogP contribution >= 0.6 is 0 Å². The van der Waals surface area contributed by atoms with Crippen LogP contribution in [0.3, 0.4) is 0 Å². The van der Waals surface area contributed by atoms with E-state index < -0.39 is 10.0 Å². The molecule has 0 bridgehead atoms. The summed E-state index contributed by atoms with van der Waals surface area (Å²) in [5.41, 5.74) is 1.27. The Hall–Kier alpha value is -1.60. The first-order valence-corrected chi connectivity index (χ1v) is 10.4. The van der Waals surface area contributed by atoms with Crippen molar-refractivity contribution >= 4 is 15.9 Å². The van der Waals surface area contributed by atoms with E-state index in [0.29, 0.717) is 18.8 Å². The number of rotatable bonds is 5. The molecule has 1 aliphatic heterocycles. The number of amides is 1. The zero-order chi connectivity index (χ0) is 18.7. The van der Waals surface area contributed by atoms with Crippen molar-refractivity contribution in [2.24, 2.45) is 0 Å². The Balaban J connectivity index is 1.82. The van der Waals surface area contributed by atoms with Gasteiger partial charge in [0.25, 0.3) is 5.91 Å². The fourth-order valence-electron chi connectivity index (χ4n) is 2.83. The second-order valence-electron chi connectivity index (χ2n) is 7.59. The minimum absolute atomic E-state index is 0.0718. The van der Waals surface area contributed by atoms with Crippen LogP contribution in [0.4, 0.5) is 0 Å². The van der Waals surface area contributed by atoms with Crippen molar-refractivity contribution in [3.8, 4) is 5.75 Å². The predicted octanol–water partition coefficient (Wildman–Crippen LogP) is 1.90. The first-order valence-electron chi connectivity index (χ1n) is 8.53. The molecule has 0 saturated carbocycles. The van der Waals surface area contributed by atoms with Gasteiger partial charge in [-0.25, -0.2) is 12.7 Å². The highest BCUT2D eigenvalue weighted by atomic mass is 32.2. The van der Waals surface area contributed by atoms with Gasteiger partial charge in [-0.15, -0.1) is 0 Å². The van der Waals surface area contributed by atoms with Crippen LogP contribution in [0, 0.1) is 0 Å². The molecule has 1 heterocycles. The number of ether oxygens (including phenoxy) is 1. The minimum Gasteiger partial charge on any atom is -0.484 e. The average molecular weight is 368 g/mol. The number of hydrogen-bond acceptors (Lipinski definition) is 4. The summed E-state index contributed by atoms with van der Waals surface area (Å²) < 4.78 is 30.2. The van der Waals surface area contributed by atoms with Crippen molar-refractivity contribution in [2.75, 3.05) is 26.0 Å². The SMILES string of the molecule is CC(C)(C)c1ccc(OCC(=O)N[C@H]2CCCN(S(C)(=O)=O)C2)cc1. The maximum Gasteiger partial charge on any atom is 0.258 e. The van der Waals surface area contributed by atoms with Crippen LogP contribution < -0.4 is 10.1 Å². The van der Waals surface area contributed by atoms with Crippen molar-refractivity contribution in [3.63, 3.8) is 0 Å². The van der Waals surface area contributed by atoms with E-state index in [1.54, 1.807) is 0 Å². The van der Waals surface area contributed by atoms with Gasteiger partial charge in [0.2, 0.25) is 10.0 Å². The van der Waals surface area contributed by atoms with Gasteiger partial charge in [0.1, 0.15) is 5.75 Å². The summed E-state index contributed by atoms with van der Waals surface area (Å²) in [4.78, 5) is 12.1. The average Bonchev–Trinajstić information content (AvgIpc) is 2.52. The van der Waals surface area contributed by atoms with Crippen LogP contribution in [-0.2, 0) is 20.2 Å². The van der Waals surface area contributed by atoms with E-state index in [1.807, 2.05) is 24.3 Å². The Labute approximate surface area is 150 Å². The van der Waals surface area contributed by atoms with E-state index in [9.17, 15) is 13.2 Å². The molecule has 1 saturated heterocycles. The van der Waals surface area contributed by atoms with Crippen molar-refractivity contribution in [1.82, 2.24) is 9.62 Å². The molecule has 1 aromatic carbocycles. The van der Waals surface area contributed by atoms with Crippen LogP contribution in [0.5, 0.6) is 5.75 Å². The molecule has 6 nitrogen and oxygen atoms in total. The van der Waals surface area contributed by atoms with Crippen molar-refractivity contribution < 1.29 is 17.9 Å². The molecule has 0 aromatic heterocycles. The van der Waals surface area contributed by atoms with E-state index in [1.165, 1.54) is 16.1 Å². The molecule has 25 heavy (non-hydrogen) atoms. The summed E-state index contributed by atoms with van der Waals surface area (Å²) in [6.07, 6.45) is 2.72. The summed E-state index contributed by atoms with van der Waals surface area (Å²) in [6, 6.07) is 7.55. The third-order valence-corrected chi connectivity index (χ3v) is 5.58. The second kappa shape index (κ2) is 7.74. The van der Waals surface area contributed by atoms with Gasteiger partial charge in [-0.05, 0) is 36.0 Å². The lowest BCUT2D eigenvalue weighted by Crippen LogP contribution is -2.50. The summed E-state index contributed by atoms with van der Waals surface area (Å²) in [5.74, 6) is 0.407. The molecule has 7 heteroatoms. The van der Waals surface area contributed by atoms with Gasteiger partial charge in [-0.2, -0.15) is 0 Å². The molecule has 1 aliphatic rings. The molecule has 1 amide bonds. The molecule has 140 valence electrons. The van der Waals surface area contributed by atoms with Crippen LogP contribution in [0.1, 0.15) is 39.2 Å². The molecular weight excluding hydrogens is 340 g/mol. The lowest BCUT2D eigenvalue weighted by Gasteiger charge is -2.31. The number of nitrogens with one attached hydrogen (secondary N) is 1. The van der Waals surface area contributed by atoms with Gasteiger partial charge in [0.05, 0.1) is 6.26 Å². The van der Waals surface area contributed by atoms with Gasteiger partial charge in [0.15, 0.2) is 6.61 Å². The van der Waals surface area contributed by atoms with Crippen LogP contribution in [0.2, 0.25) is 0 Å². The number of benzene rings is 1. The van der Waals surface area contributed by atoms with Crippen molar-refractivity contribution in [1.29, 1.82) is 0 Å². The molecule has 0 spiro atoms. The fourth-order valence-corrected chi connectivity index (χ4v) is 3.74. The summed E-state index contributed by atoms with van der Waals surface area (Å²) in [5, 5.41) is 2.86. The van der Waals surface area contributed by atoms with E-state index in [4.69, 9.17) is 4.74 Å². The Morgan fingerprint density at radius 3 is 2.48 bits per heavy atom. The highest BCUT2D eigenvalue weighted by Gasteiger charge is 2.26. The van der Waals surface area contributed by atoms with Gasteiger partial charge in [-0.1, -0.05) is 32.9 Å². The highest BCUT2D eigenvalue weighted by Crippen LogP contribution is 2.24. The van der Waals surface area contributed by atoms with Gasteiger partial charge in [0, 0.05) is 19.1 Å². The number of hydrogen-bond donors (Lipinski definition) is 1. The fraction of sp³-hybridized carbons (Fsp3) is 0.611. The topological polar surface area (TPSA) is 75.7 Å². The number of piperidine rings is 1. The summed E-state index contributed by atoms with van der Waals surface area (Å²) in [6.45, 7) is 7.18. The van der Waals surface area contributed by atoms with Gasteiger partial charge in [-0.3, -0.25) is 4.79 Å². The Morgan fingerprint density at radius 2 is 1.92 bits per heavy atom. The number of carbonyl (C=O) groups is 1. The zero-order valence-corrected chi connectivity index (χ0v) is 16.2. The third kappa shape index (κ3) is 6.01. The molecule has 1 aromatic rings. The normalized spacial score (nSPS) is 19.4. The first kappa shape index (κ1) is 19.7. The summed E-state index contributed by atoms with van der Waals surface area (Å²) in [7, 11) is -3.22. The molecule has 2 rings (SSSR count). The molecule has 0 aliphatic carbocycles. The van der Waals surface area contributed by atoms with E-state index in [2.05, 4.69) is 26.1 Å². The van der Waals surface area contributed by atoms with E-state index >= 15 is 0 Å². The molecule has 0 radical (unpaired) electrons. The van der Waals surface area contributed by atoms with E-state index in [0.717, 1.165) is 12.8 Å². The van der Waals surface area contributed by atoms with Crippen LogP contribution in [0.15, 0.2) is 24.3 Å². The zero-order valence-electron chi connectivity index (χ0n) is 15.4. The van der Waals surface area contributed by atoms with Crippen LogP contribution in [0.25, 0.3) is 0 Å². The molecular formula is C18H28N2O4S. The van der Waals surface area contributed by atoms with E-state index in [-0.39, 0.29) is 24.0 Å². The smallest absolute Gasteiger partial charge is 0.258 e. The predicted molar refractivity (Wildman–Crippen MR) is 98.2 cm³/mol. The molecule has 1 atom stereocenters. The number of sulfonamides is 1. The standard InChI is InChI=1S/C18H28N2O4S/c1-18(2,3)14-7-9-16(10-8-14)24-13-17(21)19-15-6-5-11-20(12-15)25(4,22)23/h7-10,15H,5-6,11-13H2,1-4H3,(H,19,21)/t15-/m0/s1. The Bertz CT molecular complexity index is 693. The number of nitrogens with zero attached hydrogens (tertiary/aromatic N) is 1. The minimum atomic E-state index is -3.22. The maximum absolute atomic E-state index is 12.1. The highest BCUT2D eigenvalue weighted by molar-refractivity contribution is 7.88. The van der Waals surface area contributed by atoms with Gasteiger partial charge >= 0.3 is 0 Å². The maximum atomic E-state index is 12.1. The third-order valence-electron chi connectivity index (χ3n) is 4.31.